The molecule has 0 saturated carbocycles. The monoisotopic (exact) mass is 338 g/mol. The molecule has 3 rings (SSSR count). The largest absolute Gasteiger partial charge is 0.496 e. The van der Waals surface area contributed by atoms with Gasteiger partial charge in [-0.2, -0.15) is 0 Å². The number of anilines is 1. The van der Waals surface area contributed by atoms with Gasteiger partial charge in [0.2, 0.25) is 5.89 Å². The zero-order valence-electron chi connectivity index (χ0n) is 14.7. The smallest absolute Gasteiger partial charge is 0.214 e. The van der Waals surface area contributed by atoms with Crippen LogP contribution in [-0.4, -0.2) is 19.2 Å². The standard InChI is InChI=1S/C20H22N2O3/c1-14(23-2)15-7-6-8-16(11-15)21-13-20-22-12-19(25-20)17-9-4-5-10-18(17)24-3/h4-12,14,21H,13H2,1-3H3/t14-/m0/s1. The van der Waals surface area contributed by atoms with E-state index in [0.717, 1.165) is 22.6 Å². The minimum absolute atomic E-state index is 0.0561. The molecule has 0 unspecified atom stereocenters. The van der Waals surface area contributed by atoms with E-state index in [4.69, 9.17) is 13.9 Å². The Labute approximate surface area is 147 Å². The normalized spacial score (nSPS) is 12.0. The van der Waals surface area contributed by atoms with Crippen LogP contribution in [0.2, 0.25) is 0 Å². The van der Waals surface area contributed by atoms with Crippen molar-refractivity contribution in [2.24, 2.45) is 0 Å². The van der Waals surface area contributed by atoms with E-state index in [1.807, 2.05) is 49.4 Å². The molecule has 0 saturated heterocycles. The van der Waals surface area contributed by atoms with Crippen LogP contribution >= 0.6 is 0 Å². The fraction of sp³-hybridized carbons (Fsp3) is 0.250. The number of nitrogens with zero attached hydrogens (tertiary/aromatic N) is 1. The molecule has 5 heteroatoms. The molecule has 1 aromatic heterocycles. The van der Waals surface area contributed by atoms with Gasteiger partial charge in [0.15, 0.2) is 5.76 Å². The molecule has 0 aliphatic carbocycles. The summed E-state index contributed by atoms with van der Waals surface area (Å²) in [7, 11) is 3.35. The fourth-order valence-electron chi connectivity index (χ4n) is 2.58. The highest BCUT2D eigenvalue weighted by atomic mass is 16.5. The third kappa shape index (κ3) is 4.00. The van der Waals surface area contributed by atoms with Crippen molar-refractivity contribution in [3.8, 4) is 17.1 Å². The highest BCUT2D eigenvalue weighted by Gasteiger charge is 2.11. The number of para-hydroxylation sites is 1. The lowest BCUT2D eigenvalue weighted by atomic mass is 10.1. The minimum atomic E-state index is 0.0561. The van der Waals surface area contributed by atoms with E-state index in [9.17, 15) is 0 Å². The molecule has 1 heterocycles. The Morgan fingerprint density at radius 1 is 1.12 bits per heavy atom. The predicted octanol–water partition coefficient (Wildman–Crippen LogP) is 4.67. The Kier molecular flexibility index (Phi) is 5.36. The first-order chi connectivity index (χ1) is 12.2. The number of nitrogens with one attached hydrogen (secondary N) is 1. The van der Waals surface area contributed by atoms with Crippen molar-refractivity contribution >= 4 is 5.69 Å². The number of hydrogen-bond acceptors (Lipinski definition) is 5. The van der Waals surface area contributed by atoms with E-state index >= 15 is 0 Å². The first kappa shape index (κ1) is 17.0. The van der Waals surface area contributed by atoms with Crippen molar-refractivity contribution < 1.29 is 13.9 Å². The van der Waals surface area contributed by atoms with Gasteiger partial charge in [-0.1, -0.05) is 24.3 Å². The maximum absolute atomic E-state index is 5.85. The number of oxazole rings is 1. The van der Waals surface area contributed by atoms with Gasteiger partial charge in [-0.3, -0.25) is 0 Å². The van der Waals surface area contributed by atoms with Gasteiger partial charge in [0.25, 0.3) is 0 Å². The van der Waals surface area contributed by atoms with Gasteiger partial charge >= 0.3 is 0 Å². The zero-order chi connectivity index (χ0) is 17.6. The summed E-state index contributed by atoms with van der Waals surface area (Å²) in [6.45, 7) is 2.52. The quantitative estimate of drug-likeness (QED) is 0.678. The Morgan fingerprint density at radius 2 is 1.96 bits per heavy atom. The number of methoxy groups -OCH3 is 2. The molecule has 0 spiro atoms. The highest BCUT2D eigenvalue weighted by Crippen LogP contribution is 2.30. The summed E-state index contributed by atoms with van der Waals surface area (Å²) in [6, 6.07) is 15.8. The summed E-state index contributed by atoms with van der Waals surface area (Å²) in [5, 5.41) is 3.33. The number of rotatable bonds is 7. The van der Waals surface area contributed by atoms with Gasteiger partial charge in [-0.25, -0.2) is 4.98 Å². The minimum Gasteiger partial charge on any atom is -0.496 e. The van der Waals surface area contributed by atoms with E-state index in [2.05, 4.69) is 16.4 Å². The molecule has 25 heavy (non-hydrogen) atoms. The summed E-state index contributed by atoms with van der Waals surface area (Å²) in [5.74, 6) is 2.07. The van der Waals surface area contributed by atoms with Crippen molar-refractivity contribution in [3.05, 3.63) is 66.2 Å². The molecule has 5 nitrogen and oxygen atoms in total. The van der Waals surface area contributed by atoms with E-state index in [1.54, 1.807) is 20.4 Å². The number of benzene rings is 2. The topological polar surface area (TPSA) is 56.5 Å². The molecule has 0 amide bonds. The molecule has 130 valence electrons. The Balaban J connectivity index is 1.70. The average molecular weight is 338 g/mol. The molecule has 1 atom stereocenters. The molecule has 0 aliphatic heterocycles. The zero-order valence-corrected chi connectivity index (χ0v) is 14.7. The second kappa shape index (κ2) is 7.85. The molecule has 1 N–H and O–H groups in total. The maximum atomic E-state index is 5.85. The summed E-state index contributed by atoms with van der Waals surface area (Å²) in [4.78, 5) is 4.35. The third-order valence-corrected chi connectivity index (χ3v) is 4.08. The van der Waals surface area contributed by atoms with Crippen LogP contribution in [-0.2, 0) is 11.3 Å². The van der Waals surface area contributed by atoms with Crippen molar-refractivity contribution in [2.75, 3.05) is 19.5 Å². The van der Waals surface area contributed by atoms with Crippen LogP contribution < -0.4 is 10.1 Å². The van der Waals surface area contributed by atoms with Crippen LogP contribution in [0.3, 0.4) is 0 Å². The second-order valence-electron chi connectivity index (χ2n) is 5.68. The number of hydrogen-bond donors (Lipinski definition) is 1. The molecular formula is C20H22N2O3. The first-order valence-corrected chi connectivity index (χ1v) is 8.16. The fourth-order valence-corrected chi connectivity index (χ4v) is 2.58. The van der Waals surface area contributed by atoms with Gasteiger partial charge in [0, 0.05) is 12.8 Å². The van der Waals surface area contributed by atoms with Crippen molar-refractivity contribution in [3.63, 3.8) is 0 Å². The summed E-state index contributed by atoms with van der Waals surface area (Å²) in [5.41, 5.74) is 3.01. The summed E-state index contributed by atoms with van der Waals surface area (Å²) < 4.78 is 16.6. The highest BCUT2D eigenvalue weighted by molar-refractivity contribution is 5.65. The predicted molar refractivity (Wildman–Crippen MR) is 97.7 cm³/mol. The second-order valence-corrected chi connectivity index (χ2v) is 5.68. The summed E-state index contributed by atoms with van der Waals surface area (Å²) >= 11 is 0. The maximum Gasteiger partial charge on any atom is 0.214 e. The van der Waals surface area contributed by atoms with Crippen LogP contribution in [0, 0.1) is 0 Å². The number of ether oxygens (including phenoxy) is 2. The van der Waals surface area contributed by atoms with Gasteiger partial charge < -0.3 is 19.2 Å². The van der Waals surface area contributed by atoms with Crippen molar-refractivity contribution in [1.82, 2.24) is 4.98 Å². The first-order valence-electron chi connectivity index (χ1n) is 8.16. The summed E-state index contributed by atoms with van der Waals surface area (Å²) in [6.07, 6.45) is 1.78. The van der Waals surface area contributed by atoms with Crippen molar-refractivity contribution in [2.45, 2.75) is 19.6 Å². The lowest BCUT2D eigenvalue weighted by Gasteiger charge is -2.12. The third-order valence-electron chi connectivity index (χ3n) is 4.08. The van der Waals surface area contributed by atoms with Gasteiger partial charge in [-0.15, -0.1) is 0 Å². The van der Waals surface area contributed by atoms with Gasteiger partial charge in [-0.05, 0) is 36.8 Å². The lowest BCUT2D eigenvalue weighted by Crippen LogP contribution is -2.01. The number of aromatic nitrogens is 1. The van der Waals surface area contributed by atoms with Crippen LogP contribution in [0.4, 0.5) is 5.69 Å². The molecule has 0 radical (unpaired) electrons. The average Bonchev–Trinajstić information content (AvgIpc) is 3.14. The van der Waals surface area contributed by atoms with Crippen LogP contribution in [0.15, 0.2) is 59.1 Å². The van der Waals surface area contributed by atoms with Gasteiger partial charge in [0.05, 0.1) is 31.5 Å². The van der Waals surface area contributed by atoms with E-state index in [0.29, 0.717) is 18.2 Å². The van der Waals surface area contributed by atoms with Crippen LogP contribution in [0.5, 0.6) is 5.75 Å². The molecule has 0 aliphatic rings. The Morgan fingerprint density at radius 3 is 2.76 bits per heavy atom. The Bertz CT molecular complexity index is 829. The van der Waals surface area contributed by atoms with Crippen LogP contribution in [0.1, 0.15) is 24.5 Å². The van der Waals surface area contributed by atoms with E-state index in [-0.39, 0.29) is 6.10 Å². The molecule has 0 fully saturated rings. The van der Waals surface area contributed by atoms with Gasteiger partial charge in [0.1, 0.15) is 5.75 Å². The molecule has 2 aromatic carbocycles. The SMILES string of the molecule is COc1ccccc1-c1cnc(CNc2cccc([C@H](C)OC)c2)o1. The van der Waals surface area contributed by atoms with E-state index < -0.39 is 0 Å². The molecule has 3 aromatic rings. The molecule has 0 bridgehead atoms. The lowest BCUT2D eigenvalue weighted by molar-refractivity contribution is 0.119. The van der Waals surface area contributed by atoms with Crippen LogP contribution in [0.25, 0.3) is 11.3 Å². The van der Waals surface area contributed by atoms with E-state index in [1.165, 1.54) is 0 Å². The van der Waals surface area contributed by atoms with Crippen molar-refractivity contribution in [1.29, 1.82) is 0 Å². The molecular weight excluding hydrogens is 316 g/mol. The Hall–Kier alpha value is -2.79.